The Bertz CT molecular complexity index is 438. The summed E-state index contributed by atoms with van der Waals surface area (Å²) in [4.78, 5) is 45.9. The molecule has 1 aliphatic heterocycles. The lowest BCUT2D eigenvalue weighted by atomic mass is 9.97. The molecule has 118 valence electrons. The number of nitrogens with two attached hydrogens (primary N) is 1. The van der Waals surface area contributed by atoms with Gasteiger partial charge in [-0.3, -0.25) is 19.2 Å². The Morgan fingerprint density at radius 1 is 1.48 bits per heavy atom. The number of primary amides is 1. The molecule has 1 rings (SSSR count). The molecule has 0 saturated carbocycles. The largest absolute Gasteiger partial charge is 0.466 e. The lowest BCUT2D eigenvalue weighted by Crippen LogP contribution is -2.53. The zero-order valence-electron chi connectivity index (χ0n) is 12.2. The second kappa shape index (κ2) is 7.61. The normalized spacial score (nSPS) is 20.3. The third kappa shape index (κ3) is 5.05. The van der Waals surface area contributed by atoms with E-state index in [2.05, 4.69) is 10.6 Å². The van der Waals surface area contributed by atoms with Gasteiger partial charge in [-0.25, -0.2) is 0 Å². The monoisotopic (exact) mass is 299 g/mol. The molecule has 0 aliphatic carbocycles. The Balaban J connectivity index is 2.60. The fraction of sp³-hybridized carbons (Fsp3) is 0.692. The van der Waals surface area contributed by atoms with Crippen molar-refractivity contribution in [3.05, 3.63) is 0 Å². The van der Waals surface area contributed by atoms with E-state index in [4.69, 9.17) is 10.5 Å². The molecule has 0 radical (unpaired) electrons. The number of amides is 3. The Labute approximate surface area is 122 Å². The number of rotatable bonds is 7. The number of carbonyl (C=O) groups is 4. The number of hydrogen-bond acceptors (Lipinski definition) is 5. The molecule has 8 nitrogen and oxygen atoms in total. The Morgan fingerprint density at radius 3 is 2.62 bits per heavy atom. The van der Waals surface area contributed by atoms with Crippen molar-refractivity contribution in [1.82, 2.24) is 10.6 Å². The van der Waals surface area contributed by atoms with E-state index >= 15 is 0 Å². The molecule has 0 aromatic rings. The molecule has 4 N–H and O–H groups in total. The van der Waals surface area contributed by atoms with E-state index in [1.165, 1.54) is 0 Å². The molecule has 1 saturated heterocycles. The van der Waals surface area contributed by atoms with Crippen LogP contribution >= 0.6 is 0 Å². The summed E-state index contributed by atoms with van der Waals surface area (Å²) in [5.74, 6) is -2.36. The molecule has 3 atom stereocenters. The molecule has 1 heterocycles. The third-order valence-electron chi connectivity index (χ3n) is 3.28. The highest BCUT2D eigenvalue weighted by atomic mass is 16.5. The van der Waals surface area contributed by atoms with Crippen molar-refractivity contribution in [2.75, 3.05) is 6.61 Å². The molecular formula is C13H21N3O5. The van der Waals surface area contributed by atoms with E-state index in [9.17, 15) is 19.2 Å². The van der Waals surface area contributed by atoms with Crippen molar-refractivity contribution in [1.29, 1.82) is 0 Å². The summed E-state index contributed by atoms with van der Waals surface area (Å²) in [6.45, 7) is 3.55. The fourth-order valence-electron chi connectivity index (χ4n) is 2.16. The topological polar surface area (TPSA) is 128 Å². The van der Waals surface area contributed by atoms with Crippen molar-refractivity contribution in [2.24, 2.45) is 11.7 Å². The average Bonchev–Trinajstić information content (AvgIpc) is 2.82. The second-order valence-electron chi connectivity index (χ2n) is 5.03. The van der Waals surface area contributed by atoms with E-state index < -0.39 is 35.8 Å². The number of ether oxygens (including phenoxy) is 1. The van der Waals surface area contributed by atoms with Crippen molar-refractivity contribution in [3.63, 3.8) is 0 Å². The van der Waals surface area contributed by atoms with Crippen molar-refractivity contribution >= 4 is 23.7 Å². The van der Waals surface area contributed by atoms with E-state index in [0.717, 1.165) is 0 Å². The van der Waals surface area contributed by atoms with Crippen LogP contribution in [0.15, 0.2) is 0 Å². The van der Waals surface area contributed by atoms with Gasteiger partial charge in [-0.05, 0) is 19.3 Å². The van der Waals surface area contributed by atoms with Gasteiger partial charge in [0.25, 0.3) is 0 Å². The molecule has 8 heteroatoms. The van der Waals surface area contributed by atoms with Gasteiger partial charge in [-0.2, -0.15) is 0 Å². The minimum atomic E-state index is -0.987. The van der Waals surface area contributed by atoms with E-state index in [0.29, 0.717) is 6.42 Å². The fourth-order valence-corrected chi connectivity index (χ4v) is 2.16. The van der Waals surface area contributed by atoms with Gasteiger partial charge < -0.3 is 21.1 Å². The molecule has 0 unspecified atom stereocenters. The van der Waals surface area contributed by atoms with Crippen LogP contribution in [0.4, 0.5) is 0 Å². The van der Waals surface area contributed by atoms with Crippen molar-refractivity contribution in [3.8, 4) is 0 Å². The number of esters is 1. The number of carbonyl (C=O) groups excluding carboxylic acids is 4. The van der Waals surface area contributed by atoms with E-state index in [-0.39, 0.29) is 25.4 Å². The van der Waals surface area contributed by atoms with Crippen LogP contribution in [0, 0.1) is 5.92 Å². The molecule has 0 spiro atoms. The SMILES string of the molecule is CCOC(=O)C[C@@H](C)[C@H](NC(=O)[C@@H]1CCC(=O)N1)C(N)=O. The zero-order valence-corrected chi connectivity index (χ0v) is 12.2. The Kier molecular flexibility index (Phi) is 6.13. The Morgan fingerprint density at radius 2 is 2.14 bits per heavy atom. The highest BCUT2D eigenvalue weighted by molar-refractivity contribution is 5.93. The standard InChI is InChI=1S/C13H21N3O5/c1-3-21-10(18)6-7(2)11(12(14)19)16-13(20)8-4-5-9(17)15-8/h7-8,11H,3-6H2,1-2H3,(H2,14,19)(H,15,17)(H,16,20)/t7-,8+,11+/m1/s1. The summed E-state index contributed by atoms with van der Waals surface area (Å²) in [6.07, 6.45) is 0.624. The number of nitrogens with one attached hydrogen (secondary N) is 2. The van der Waals surface area contributed by atoms with Crippen LogP contribution in [0.5, 0.6) is 0 Å². The molecule has 3 amide bonds. The molecule has 1 aliphatic rings. The minimum absolute atomic E-state index is 0.0290. The van der Waals surface area contributed by atoms with Gasteiger partial charge in [0.1, 0.15) is 12.1 Å². The summed E-state index contributed by atoms with van der Waals surface area (Å²) >= 11 is 0. The second-order valence-corrected chi connectivity index (χ2v) is 5.03. The van der Waals surface area contributed by atoms with Gasteiger partial charge in [0, 0.05) is 6.42 Å². The maximum atomic E-state index is 12.0. The summed E-state index contributed by atoms with van der Waals surface area (Å²) in [6, 6.07) is -1.64. The first-order valence-electron chi connectivity index (χ1n) is 6.89. The third-order valence-corrected chi connectivity index (χ3v) is 3.28. The minimum Gasteiger partial charge on any atom is -0.466 e. The van der Waals surface area contributed by atoms with Gasteiger partial charge in [-0.1, -0.05) is 6.92 Å². The quantitative estimate of drug-likeness (QED) is 0.510. The smallest absolute Gasteiger partial charge is 0.306 e. The van der Waals surface area contributed by atoms with Crippen LogP contribution in [0.3, 0.4) is 0 Å². The van der Waals surface area contributed by atoms with Crippen LogP contribution in [-0.2, 0) is 23.9 Å². The summed E-state index contributed by atoms with van der Waals surface area (Å²) in [7, 11) is 0. The summed E-state index contributed by atoms with van der Waals surface area (Å²) in [5.41, 5.74) is 5.27. The molecule has 0 aromatic heterocycles. The lowest BCUT2D eigenvalue weighted by molar-refractivity contribution is -0.145. The van der Waals surface area contributed by atoms with Crippen LogP contribution in [-0.4, -0.2) is 42.4 Å². The molecule has 0 bridgehead atoms. The predicted octanol–water partition coefficient (Wildman–Crippen LogP) is -1.18. The predicted molar refractivity (Wildman–Crippen MR) is 72.7 cm³/mol. The summed E-state index contributed by atoms with van der Waals surface area (Å²) < 4.78 is 4.80. The van der Waals surface area contributed by atoms with Gasteiger partial charge >= 0.3 is 5.97 Å². The maximum Gasteiger partial charge on any atom is 0.306 e. The first-order valence-corrected chi connectivity index (χ1v) is 6.89. The highest BCUT2D eigenvalue weighted by Gasteiger charge is 2.32. The number of hydrogen-bond donors (Lipinski definition) is 3. The van der Waals surface area contributed by atoms with Crippen LogP contribution < -0.4 is 16.4 Å². The highest BCUT2D eigenvalue weighted by Crippen LogP contribution is 2.12. The van der Waals surface area contributed by atoms with Crippen molar-refractivity contribution in [2.45, 2.75) is 45.2 Å². The first kappa shape index (κ1) is 16.9. The zero-order chi connectivity index (χ0) is 16.0. The summed E-state index contributed by atoms with van der Waals surface area (Å²) in [5, 5.41) is 4.99. The lowest BCUT2D eigenvalue weighted by Gasteiger charge is -2.23. The van der Waals surface area contributed by atoms with E-state index in [1.807, 2.05) is 0 Å². The molecule has 0 aromatic carbocycles. The van der Waals surface area contributed by atoms with Gasteiger partial charge in [0.2, 0.25) is 17.7 Å². The molecule has 1 fully saturated rings. The van der Waals surface area contributed by atoms with Gasteiger partial charge in [0.05, 0.1) is 13.0 Å². The van der Waals surface area contributed by atoms with Gasteiger partial charge in [0.15, 0.2) is 0 Å². The Hall–Kier alpha value is -2.12. The van der Waals surface area contributed by atoms with Crippen molar-refractivity contribution < 1.29 is 23.9 Å². The molecular weight excluding hydrogens is 278 g/mol. The molecule has 21 heavy (non-hydrogen) atoms. The van der Waals surface area contributed by atoms with Crippen LogP contribution in [0.25, 0.3) is 0 Å². The van der Waals surface area contributed by atoms with Crippen LogP contribution in [0.1, 0.15) is 33.1 Å². The van der Waals surface area contributed by atoms with Crippen LogP contribution in [0.2, 0.25) is 0 Å². The van der Waals surface area contributed by atoms with E-state index in [1.54, 1.807) is 13.8 Å². The van der Waals surface area contributed by atoms with Gasteiger partial charge in [-0.15, -0.1) is 0 Å². The average molecular weight is 299 g/mol. The maximum absolute atomic E-state index is 12.0. The first-order chi connectivity index (χ1) is 9.85.